The summed E-state index contributed by atoms with van der Waals surface area (Å²) in [6, 6.07) is 3.91. The van der Waals surface area contributed by atoms with Gasteiger partial charge in [-0.1, -0.05) is 25.1 Å². The molecule has 1 aromatic rings. The molecule has 0 amide bonds. The van der Waals surface area contributed by atoms with Crippen molar-refractivity contribution >= 4 is 0 Å². The maximum absolute atomic E-state index is 13.3. The Hall–Kier alpha value is -1.57. The number of aliphatic hydroxyl groups is 2. The van der Waals surface area contributed by atoms with Gasteiger partial charge in [-0.25, -0.2) is 0 Å². The van der Waals surface area contributed by atoms with Gasteiger partial charge < -0.3 is 20.7 Å². The number of ether oxygens (including phenoxy) is 1. The fraction of sp³-hybridized carbons (Fsp3) is 0.579. The standard InChI is InChI=1S/C19H28F3NO3/c1-2-3-4-5-6-11-26-17-8-7-15(12-16(17)19(20,21)22)9-10-18(23,13-24)14-25/h3-4,7-8,12,24-25H,2,5-6,9-11,13-14,23H2,1H3/b4-3-. The predicted octanol–water partition coefficient (Wildman–Crippen LogP) is 3.45. The minimum atomic E-state index is -4.53. The number of hydrogen-bond acceptors (Lipinski definition) is 4. The van der Waals surface area contributed by atoms with Gasteiger partial charge in [-0.2, -0.15) is 13.2 Å². The van der Waals surface area contributed by atoms with E-state index in [0.29, 0.717) is 12.0 Å². The Morgan fingerprint density at radius 3 is 2.42 bits per heavy atom. The lowest BCUT2D eigenvalue weighted by molar-refractivity contribution is -0.139. The summed E-state index contributed by atoms with van der Waals surface area (Å²) in [4.78, 5) is 0. The molecule has 0 aliphatic carbocycles. The maximum Gasteiger partial charge on any atom is 0.419 e. The Kier molecular flexibility index (Phi) is 9.12. The monoisotopic (exact) mass is 375 g/mol. The molecule has 0 aliphatic rings. The molecule has 0 unspecified atom stereocenters. The zero-order valence-corrected chi connectivity index (χ0v) is 15.1. The van der Waals surface area contributed by atoms with Crippen LogP contribution in [0, 0.1) is 0 Å². The summed E-state index contributed by atoms with van der Waals surface area (Å²) in [5.74, 6) is -0.191. The van der Waals surface area contributed by atoms with Gasteiger partial charge in [-0.05, 0) is 49.8 Å². The first-order valence-electron chi connectivity index (χ1n) is 8.74. The van der Waals surface area contributed by atoms with Crippen molar-refractivity contribution in [2.24, 2.45) is 5.73 Å². The second kappa shape index (κ2) is 10.5. The fourth-order valence-corrected chi connectivity index (χ4v) is 2.35. The number of alkyl halides is 3. The minimum absolute atomic E-state index is 0.168. The number of benzene rings is 1. The summed E-state index contributed by atoms with van der Waals surface area (Å²) in [5, 5.41) is 18.4. The van der Waals surface area contributed by atoms with Gasteiger partial charge in [-0.15, -0.1) is 0 Å². The summed E-state index contributed by atoms with van der Waals surface area (Å²) in [5.41, 5.74) is 4.15. The van der Waals surface area contributed by atoms with Gasteiger partial charge >= 0.3 is 6.18 Å². The minimum Gasteiger partial charge on any atom is -0.493 e. The van der Waals surface area contributed by atoms with Gasteiger partial charge in [0.05, 0.1) is 30.9 Å². The lowest BCUT2D eigenvalue weighted by atomic mass is 9.93. The van der Waals surface area contributed by atoms with E-state index < -0.39 is 30.5 Å². The molecule has 0 fully saturated rings. The Bertz CT molecular complexity index is 570. The summed E-state index contributed by atoms with van der Waals surface area (Å²) in [7, 11) is 0. The highest BCUT2D eigenvalue weighted by Crippen LogP contribution is 2.37. The Morgan fingerprint density at radius 1 is 1.15 bits per heavy atom. The molecule has 1 aromatic carbocycles. The van der Waals surface area contributed by atoms with Crippen molar-refractivity contribution < 1.29 is 28.1 Å². The molecule has 148 valence electrons. The predicted molar refractivity (Wildman–Crippen MR) is 95.0 cm³/mol. The van der Waals surface area contributed by atoms with Crippen LogP contribution in [0.1, 0.15) is 43.7 Å². The molecule has 7 heteroatoms. The SMILES string of the molecule is CC/C=C\CCCOc1ccc(CCC(N)(CO)CO)cc1C(F)(F)F. The van der Waals surface area contributed by atoms with Crippen LogP contribution in [0.25, 0.3) is 0 Å². The first kappa shape index (κ1) is 22.5. The van der Waals surface area contributed by atoms with Gasteiger partial charge in [0.1, 0.15) is 5.75 Å². The number of allylic oxidation sites excluding steroid dienone is 2. The van der Waals surface area contributed by atoms with E-state index in [9.17, 15) is 23.4 Å². The lowest BCUT2D eigenvalue weighted by Crippen LogP contribution is -2.47. The molecular formula is C19H28F3NO3. The van der Waals surface area contributed by atoms with Crippen LogP contribution in [0.2, 0.25) is 0 Å². The second-order valence-corrected chi connectivity index (χ2v) is 6.38. The average Bonchev–Trinajstić information content (AvgIpc) is 2.62. The van der Waals surface area contributed by atoms with Crippen molar-refractivity contribution in [3.8, 4) is 5.75 Å². The first-order chi connectivity index (χ1) is 12.3. The number of rotatable bonds is 11. The molecule has 0 radical (unpaired) electrons. The molecule has 0 aliphatic heterocycles. The topological polar surface area (TPSA) is 75.7 Å². The lowest BCUT2D eigenvalue weighted by Gasteiger charge is -2.24. The van der Waals surface area contributed by atoms with Gasteiger partial charge in [-0.3, -0.25) is 0 Å². The van der Waals surface area contributed by atoms with E-state index in [4.69, 9.17) is 10.5 Å². The maximum atomic E-state index is 13.3. The molecule has 0 atom stereocenters. The molecule has 0 saturated carbocycles. The summed E-state index contributed by atoms with van der Waals surface area (Å²) >= 11 is 0. The Morgan fingerprint density at radius 2 is 1.85 bits per heavy atom. The van der Waals surface area contributed by atoms with Crippen LogP contribution < -0.4 is 10.5 Å². The van der Waals surface area contributed by atoms with Crippen LogP contribution in [0.5, 0.6) is 5.75 Å². The average molecular weight is 375 g/mol. The van der Waals surface area contributed by atoms with Crippen molar-refractivity contribution in [2.75, 3.05) is 19.8 Å². The summed E-state index contributed by atoms with van der Waals surface area (Å²) < 4.78 is 45.3. The van der Waals surface area contributed by atoms with Gasteiger partial charge in [0.15, 0.2) is 0 Å². The molecule has 0 spiro atoms. The number of unbranched alkanes of at least 4 members (excludes halogenated alkanes) is 1. The fourth-order valence-electron chi connectivity index (χ4n) is 2.35. The van der Waals surface area contributed by atoms with Gasteiger partial charge in [0, 0.05) is 0 Å². The number of nitrogens with two attached hydrogens (primary N) is 1. The largest absolute Gasteiger partial charge is 0.493 e. The van der Waals surface area contributed by atoms with E-state index in [1.165, 1.54) is 6.07 Å². The van der Waals surface area contributed by atoms with E-state index in [1.54, 1.807) is 6.07 Å². The molecule has 0 bridgehead atoms. The quantitative estimate of drug-likeness (QED) is 0.409. The molecular weight excluding hydrogens is 347 g/mol. The molecule has 4 N–H and O–H groups in total. The third-order valence-electron chi connectivity index (χ3n) is 4.07. The van der Waals surface area contributed by atoms with E-state index in [1.807, 2.05) is 19.1 Å². The number of hydrogen-bond donors (Lipinski definition) is 3. The molecule has 0 aromatic heterocycles. The van der Waals surface area contributed by atoms with Crippen LogP contribution >= 0.6 is 0 Å². The Balaban J connectivity index is 2.79. The van der Waals surface area contributed by atoms with Crippen molar-refractivity contribution in [3.05, 3.63) is 41.5 Å². The van der Waals surface area contributed by atoms with Crippen molar-refractivity contribution in [3.63, 3.8) is 0 Å². The molecule has 1 rings (SSSR count). The van der Waals surface area contributed by atoms with Crippen LogP contribution in [0.3, 0.4) is 0 Å². The van der Waals surface area contributed by atoms with Gasteiger partial charge in [0.25, 0.3) is 0 Å². The highest BCUT2D eigenvalue weighted by atomic mass is 19.4. The highest BCUT2D eigenvalue weighted by Gasteiger charge is 2.35. The molecule has 0 saturated heterocycles. The number of halogens is 3. The Labute approximate surface area is 152 Å². The van der Waals surface area contributed by atoms with E-state index >= 15 is 0 Å². The highest BCUT2D eigenvalue weighted by molar-refractivity contribution is 5.39. The van der Waals surface area contributed by atoms with E-state index in [0.717, 1.165) is 18.9 Å². The molecule has 0 heterocycles. The molecule has 4 nitrogen and oxygen atoms in total. The van der Waals surface area contributed by atoms with Crippen LogP contribution in [-0.4, -0.2) is 35.6 Å². The summed E-state index contributed by atoms with van der Waals surface area (Å²) in [6.45, 7) is 1.34. The van der Waals surface area contributed by atoms with Crippen LogP contribution in [0.15, 0.2) is 30.4 Å². The summed E-state index contributed by atoms with van der Waals surface area (Å²) in [6.07, 6.45) is 2.17. The first-order valence-corrected chi connectivity index (χ1v) is 8.74. The van der Waals surface area contributed by atoms with Crippen LogP contribution in [-0.2, 0) is 12.6 Å². The number of aliphatic hydroxyl groups excluding tert-OH is 2. The van der Waals surface area contributed by atoms with Crippen molar-refractivity contribution in [1.82, 2.24) is 0 Å². The second-order valence-electron chi connectivity index (χ2n) is 6.38. The zero-order valence-electron chi connectivity index (χ0n) is 15.1. The van der Waals surface area contributed by atoms with Crippen LogP contribution in [0.4, 0.5) is 13.2 Å². The smallest absolute Gasteiger partial charge is 0.419 e. The van der Waals surface area contributed by atoms with Gasteiger partial charge in [0.2, 0.25) is 0 Å². The number of aryl methyl sites for hydroxylation is 1. The third kappa shape index (κ3) is 7.35. The zero-order chi connectivity index (χ0) is 19.6. The van der Waals surface area contributed by atoms with E-state index in [-0.39, 0.29) is 25.2 Å². The van der Waals surface area contributed by atoms with Crippen molar-refractivity contribution in [1.29, 1.82) is 0 Å². The normalized spacial score (nSPS) is 12.7. The van der Waals surface area contributed by atoms with Crippen molar-refractivity contribution in [2.45, 2.75) is 50.7 Å². The van der Waals surface area contributed by atoms with E-state index in [2.05, 4.69) is 0 Å². The molecule has 26 heavy (non-hydrogen) atoms. The third-order valence-corrected chi connectivity index (χ3v) is 4.07.